The molecular weight excluding hydrogens is 349 g/mol. The van der Waals surface area contributed by atoms with Crippen molar-refractivity contribution in [2.45, 2.75) is 25.4 Å². The number of carbonyl (C=O) groups excluding carboxylic acids is 2. The van der Waals surface area contributed by atoms with Gasteiger partial charge in [-0.2, -0.15) is 0 Å². The smallest absolute Gasteiger partial charge is 0.261 e. The van der Waals surface area contributed by atoms with E-state index in [1.54, 1.807) is 18.2 Å². The van der Waals surface area contributed by atoms with Gasteiger partial charge in [0.15, 0.2) is 11.4 Å². The molecule has 1 unspecified atom stereocenters. The highest BCUT2D eigenvalue weighted by Crippen LogP contribution is 2.40. The molecule has 0 fully saturated rings. The summed E-state index contributed by atoms with van der Waals surface area (Å²) in [4.78, 5) is 24.9. The molecule has 4 nitrogen and oxygen atoms in total. The van der Waals surface area contributed by atoms with Gasteiger partial charge in [0.05, 0.1) is 11.4 Å². The molecule has 1 aliphatic heterocycles. The fourth-order valence-electron chi connectivity index (χ4n) is 2.83. The molecule has 3 rings (SSSR count). The van der Waals surface area contributed by atoms with Crippen LogP contribution < -0.4 is 5.32 Å². The van der Waals surface area contributed by atoms with Gasteiger partial charge >= 0.3 is 0 Å². The van der Waals surface area contributed by atoms with Crippen molar-refractivity contribution in [1.29, 1.82) is 0 Å². The van der Waals surface area contributed by atoms with Crippen molar-refractivity contribution in [1.82, 2.24) is 0 Å². The maximum atomic E-state index is 12.6. The van der Waals surface area contributed by atoms with Gasteiger partial charge in [-0.1, -0.05) is 42.3 Å². The van der Waals surface area contributed by atoms with E-state index in [4.69, 9.17) is 23.2 Å². The molecule has 0 radical (unpaired) electrons. The Kier molecular flexibility index (Phi) is 4.38. The van der Waals surface area contributed by atoms with Crippen molar-refractivity contribution in [3.8, 4) is 0 Å². The molecule has 1 aliphatic rings. The first-order valence-electron chi connectivity index (χ1n) is 7.50. The molecule has 1 heterocycles. The largest absolute Gasteiger partial charge is 0.375 e. The lowest BCUT2D eigenvalue weighted by molar-refractivity contribution is -0.133. The topological polar surface area (TPSA) is 66.4 Å². The third kappa shape index (κ3) is 2.81. The molecular formula is C18H15Cl2NO3. The minimum atomic E-state index is -1.90. The minimum absolute atomic E-state index is 0.192. The second-order valence-corrected chi connectivity index (χ2v) is 6.62. The normalized spacial score (nSPS) is 19.1. The van der Waals surface area contributed by atoms with Crippen molar-refractivity contribution in [2.75, 3.05) is 5.32 Å². The Labute approximate surface area is 149 Å². The van der Waals surface area contributed by atoms with Crippen molar-refractivity contribution in [3.63, 3.8) is 0 Å². The van der Waals surface area contributed by atoms with Crippen LogP contribution in [0, 0.1) is 0 Å². The predicted octanol–water partition coefficient (Wildman–Crippen LogP) is 3.97. The van der Waals surface area contributed by atoms with Crippen LogP contribution in [-0.4, -0.2) is 16.8 Å². The van der Waals surface area contributed by atoms with Gasteiger partial charge in [-0.25, -0.2) is 0 Å². The van der Waals surface area contributed by atoms with Crippen molar-refractivity contribution in [3.05, 3.63) is 63.1 Å². The maximum absolute atomic E-state index is 12.6. The van der Waals surface area contributed by atoms with Gasteiger partial charge in [0.1, 0.15) is 0 Å². The van der Waals surface area contributed by atoms with E-state index < -0.39 is 17.3 Å². The number of nitrogens with one attached hydrogen (secondary N) is 1. The first-order valence-corrected chi connectivity index (χ1v) is 8.26. The van der Waals surface area contributed by atoms with Gasteiger partial charge in [0.25, 0.3) is 5.91 Å². The average Bonchev–Trinajstić information content (AvgIpc) is 2.77. The number of halogens is 2. The summed E-state index contributed by atoms with van der Waals surface area (Å²) in [6.45, 7) is 1.98. The Morgan fingerprint density at radius 1 is 1.21 bits per heavy atom. The summed E-state index contributed by atoms with van der Waals surface area (Å²) in [5.74, 6) is -1.03. The summed E-state index contributed by atoms with van der Waals surface area (Å²) < 4.78 is 0. The SMILES string of the molecule is CCc1ccc2c(c1)C(O)(CC(=O)c1ccc(Cl)cc1Cl)C(=O)N2. The van der Waals surface area contributed by atoms with Crippen LogP contribution in [0.3, 0.4) is 0 Å². The van der Waals surface area contributed by atoms with E-state index in [1.165, 1.54) is 12.1 Å². The van der Waals surface area contributed by atoms with Crippen LogP contribution in [0.4, 0.5) is 5.69 Å². The lowest BCUT2D eigenvalue weighted by atomic mass is 9.87. The third-order valence-corrected chi connectivity index (χ3v) is 4.76. The molecule has 0 bridgehead atoms. The zero-order valence-corrected chi connectivity index (χ0v) is 14.4. The number of carbonyl (C=O) groups is 2. The summed E-state index contributed by atoms with van der Waals surface area (Å²) in [6, 6.07) is 9.86. The molecule has 2 aromatic rings. The zero-order chi connectivity index (χ0) is 17.5. The Morgan fingerprint density at radius 3 is 2.62 bits per heavy atom. The van der Waals surface area contributed by atoms with Crippen LogP contribution in [0.25, 0.3) is 0 Å². The van der Waals surface area contributed by atoms with Gasteiger partial charge in [0, 0.05) is 21.8 Å². The van der Waals surface area contributed by atoms with E-state index in [0.717, 1.165) is 12.0 Å². The number of aryl methyl sites for hydroxylation is 1. The van der Waals surface area contributed by atoms with E-state index in [-0.39, 0.29) is 17.0 Å². The highest BCUT2D eigenvalue weighted by Gasteiger charge is 2.47. The van der Waals surface area contributed by atoms with Gasteiger partial charge < -0.3 is 10.4 Å². The highest BCUT2D eigenvalue weighted by molar-refractivity contribution is 6.37. The zero-order valence-electron chi connectivity index (χ0n) is 12.9. The lowest BCUT2D eigenvalue weighted by Crippen LogP contribution is -2.36. The maximum Gasteiger partial charge on any atom is 0.261 e. The number of rotatable bonds is 4. The Balaban J connectivity index is 1.97. The van der Waals surface area contributed by atoms with E-state index in [1.807, 2.05) is 13.0 Å². The molecule has 0 spiro atoms. The Hall–Kier alpha value is -1.88. The van der Waals surface area contributed by atoms with Crippen molar-refractivity contribution >= 4 is 40.6 Å². The molecule has 6 heteroatoms. The summed E-state index contributed by atoms with van der Waals surface area (Å²) in [7, 11) is 0. The van der Waals surface area contributed by atoms with Crippen LogP contribution in [0.5, 0.6) is 0 Å². The Morgan fingerprint density at radius 2 is 1.96 bits per heavy atom. The molecule has 124 valence electrons. The number of amides is 1. The Bertz CT molecular complexity index is 850. The monoisotopic (exact) mass is 363 g/mol. The number of aliphatic hydroxyl groups is 1. The van der Waals surface area contributed by atoms with Crippen LogP contribution >= 0.6 is 23.2 Å². The third-order valence-electron chi connectivity index (χ3n) is 4.21. The van der Waals surface area contributed by atoms with Crippen LogP contribution in [0.1, 0.15) is 34.8 Å². The molecule has 1 atom stereocenters. The second kappa shape index (κ2) is 6.20. The van der Waals surface area contributed by atoms with Crippen LogP contribution in [0.2, 0.25) is 10.0 Å². The first kappa shape index (κ1) is 17.0. The summed E-state index contributed by atoms with van der Waals surface area (Å²) in [5.41, 5.74) is 0.239. The molecule has 0 saturated carbocycles. The number of anilines is 1. The summed E-state index contributed by atoms with van der Waals surface area (Å²) >= 11 is 11.9. The standard InChI is InChI=1S/C18H15Cl2NO3/c1-2-10-3-6-15-13(7-10)18(24,17(23)21-15)9-16(22)12-5-4-11(19)8-14(12)20/h3-8,24H,2,9H2,1H3,(H,21,23). The number of benzene rings is 2. The van der Waals surface area contributed by atoms with Gasteiger partial charge in [-0.3, -0.25) is 9.59 Å². The molecule has 2 aromatic carbocycles. The predicted molar refractivity (Wildman–Crippen MR) is 93.8 cm³/mol. The van der Waals surface area contributed by atoms with Crippen LogP contribution in [-0.2, 0) is 16.8 Å². The molecule has 0 aliphatic carbocycles. The summed E-state index contributed by atoms with van der Waals surface area (Å²) in [5, 5.41) is 14.1. The number of hydrogen-bond acceptors (Lipinski definition) is 3. The van der Waals surface area contributed by atoms with E-state index in [9.17, 15) is 14.7 Å². The molecule has 0 aromatic heterocycles. The first-order chi connectivity index (χ1) is 11.3. The van der Waals surface area contributed by atoms with E-state index >= 15 is 0 Å². The van der Waals surface area contributed by atoms with Gasteiger partial charge in [0.2, 0.25) is 0 Å². The molecule has 1 amide bonds. The summed E-state index contributed by atoms with van der Waals surface area (Å²) in [6.07, 6.45) is 0.370. The minimum Gasteiger partial charge on any atom is -0.375 e. The van der Waals surface area contributed by atoms with Gasteiger partial charge in [-0.05, 0) is 36.2 Å². The number of Topliss-reactive ketones (excluding diaryl/α,β-unsaturated/α-hetero) is 1. The average molecular weight is 364 g/mol. The van der Waals surface area contributed by atoms with E-state index in [2.05, 4.69) is 5.32 Å². The quantitative estimate of drug-likeness (QED) is 0.807. The van der Waals surface area contributed by atoms with Crippen molar-refractivity contribution in [2.24, 2.45) is 0 Å². The number of hydrogen-bond donors (Lipinski definition) is 2. The van der Waals surface area contributed by atoms with E-state index in [0.29, 0.717) is 16.3 Å². The van der Waals surface area contributed by atoms with Crippen LogP contribution in [0.15, 0.2) is 36.4 Å². The molecule has 2 N–H and O–H groups in total. The molecule has 24 heavy (non-hydrogen) atoms. The van der Waals surface area contributed by atoms with Crippen molar-refractivity contribution < 1.29 is 14.7 Å². The second-order valence-electron chi connectivity index (χ2n) is 5.77. The van der Waals surface area contributed by atoms with Gasteiger partial charge in [-0.15, -0.1) is 0 Å². The fraction of sp³-hybridized carbons (Fsp3) is 0.222. The molecule has 0 saturated heterocycles. The lowest BCUT2D eigenvalue weighted by Gasteiger charge is -2.20. The number of ketones is 1. The fourth-order valence-corrected chi connectivity index (χ4v) is 3.34. The number of fused-ring (bicyclic) bond motifs is 1. The highest BCUT2D eigenvalue weighted by atomic mass is 35.5.